The predicted octanol–water partition coefficient (Wildman–Crippen LogP) is 4.71. The Kier molecular flexibility index (Phi) is 7.89. The number of ketones is 1. The van der Waals surface area contributed by atoms with Crippen LogP contribution in [0.4, 0.5) is 15.9 Å². The monoisotopic (exact) mass is 602 g/mol. The molecule has 0 radical (unpaired) electrons. The smallest absolute Gasteiger partial charge is 0.159 e. The second kappa shape index (κ2) is 11.9. The molecule has 3 aromatic rings. The van der Waals surface area contributed by atoms with Gasteiger partial charge in [-0.2, -0.15) is 0 Å². The van der Waals surface area contributed by atoms with E-state index in [2.05, 4.69) is 32.0 Å². The van der Waals surface area contributed by atoms with Crippen molar-refractivity contribution in [3.05, 3.63) is 70.8 Å². The molecule has 2 aromatic carbocycles. The summed E-state index contributed by atoms with van der Waals surface area (Å²) in [5, 5.41) is 3.96. The quantitative estimate of drug-likeness (QED) is 0.307. The number of ether oxygens (including phenoxy) is 3. The summed E-state index contributed by atoms with van der Waals surface area (Å²) in [7, 11) is 0. The van der Waals surface area contributed by atoms with Gasteiger partial charge >= 0.3 is 0 Å². The molecule has 43 heavy (non-hydrogen) atoms. The Hall–Kier alpha value is -3.39. The number of fused-ring (bicyclic) bond motifs is 2. The molecule has 1 saturated carbocycles. The van der Waals surface area contributed by atoms with Crippen molar-refractivity contribution in [2.75, 3.05) is 51.4 Å². The normalized spacial score (nSPS) is 23.0. The zero-order chi connectivity index (χ0) is 29.4. The Morgan fingerprint density at radius 3 is 2.65 bits per heavy atom. The summed E-state index contributed by atoms with van der Waals surface area (Å²) in [6.45, 7) is 5.20. The van der Waals surface area contributed by atoms with E-state index >= 15 is 0 Å². The number of nitrogens with one attached hydrogen (secondary N) is 1. The molecule has 10 heteroatoms. The average Bonchev–Trinajstić information content (AvgIpc) is 3.37. The molecule has 2 unspecified atom stereocenters. The molecule has 4 aliphatic rings. The molecule has 1 spiro atoms. The van der Waals surface area contributed by atoms with E-state index in [4.69, 9.17) is 25.8 Å². The van der Waals surface area contributed by atoms with Gasteiger partial charge in [0, 0.05) is 54.0 Å². The molecule has 1 aliphatic carbocycles. The molecule has 0 bridgehead atoms. The Balaban J connectivity index is 1.12. The maximum atomic E-state index is 13.7. The molecule has 8 nitrogen and oxygen atoms in total. The topological polar surface area (TPSA) is 85.8 Å². The van der Waals surface area contributed by atoms with Gasteiger partial charge in [0.2, 0.25) is 0 Å². The fraction of sp³-hybridized carbons (Fsp3) is 0.424. The minimum atomic E-state index is -0.496. The first-order valence-corrected chi connectivity index (χ1v) is 15.0. The third kappa shape index (κ3) is 6.17. The number of hydrogen-bond donors (Lipinski definition) is 1. The van der Waals surface area contributed by atoms with Crippen LogP contribution in [0.25, 0.3) is 10.9 Å². The summed E-state index contributed by atoms with van der Waals surface area (Å²) >= 11 is 5.99. The van der Waals surface area contributed by atoms with Crippen LogP contribution in [0, 0.1) is 29.0 Å². The van der Waals surface area contributed by atoms with Gasteiger partial charge in [0.05, 0.1) is 49.2 Å². The minimum Gasteiger partial charge on any atom is -0.380 e. The highest BCUT2D eigenvalue weighted by atomic mass is 35.5. The van der Waals surface area contributed by atoms with Gasteiger partial charge in [-0.1, -0.05) is 29.5 Å². The van der Waals surface area contributed by atoms with Crippen LogP contribution in [0.15, 0.2) is 48.8 Å². The van der Waals surface area contributed by atoms with Crippen LogP contribution in [-0.2, 0) is 25.4 Å². The number of aromatic nitrogens is 2. The van der Waals surface area contributed by atoms with E-state index in [9.17, 15) is 9.18 Å². The largest absolute Gasteiger partial charge is 0.380 e. The number of carbonyl (C=O) groups excluding carboxylic acids is 1. The maximum absolute atomic E-state index is 13.7. The van der Waals surface area contributed by atoms with Crippen LogP contribution in [0.3, 0.4) is 0 Å². The van der Waals surface area contributed by atoms with Crippen molar-refractivity contribution in [2.45, 2.75) is 31.5 Å². The summed E-state index contributed by atoms with van der Waals surface area (Å²) in [6, 6.07) is 8.25. The zero-order valence-electron chi connectivity index (χ0n) is 23.7. The number of benzene rings is 2. The first kappa shape index (κ1) is 28.4. The number of nitrogens with zero attached hydrogens (tertiary/aromatic N) is 3. The number of hydrogen-bond acceptors (Lipinski definition) is 8. The Labute approximate surface area is 254 Å². The van der Waals surface area contributed by atoms with Crippen LogP contribution in [-0.4, -0.2) is 78.9 Å². The van der Waals surface area contributed by atoms with Crippen molar-refractivity contribution >= 4 is 39.8 Å². The van der Waals surface area contributed by atoms with Gasteiger partial charge in [-0.05, 0) is 54.8 Å². The molecule has 1 N–H and O–H groups in total. The number of carbonyl (C=O) groups is 1. The highest BCUT2D eigenvalue weighted by molar-refractivity contribution is 6.31. The second-order valence-corrected chi connectivity index (χ2v) is 12.4. The first-order chi connectivity index (χ1) is 20.9. The van der Waals surface area contributed by atoms with Crippen molar-refractivity contribution in [1.29, 1.82) is 0 Å². The summed E-state index contributed by atoms with van der Waals surface area (Å²) in [4.78, 5) is 24.3. The van der Waals surface area contributed by atoms with Crippen molar-refractivity contribution < 1.29 is 23.4 Å². The van der Waals surface area contributed by atoms with Gasteiger partial charge in [0.1, 0.15) is 18.0 Å². The third-order valence-electron chi connectivity index (χ3n) is 8.70. The van der Waals surface area contributed by atoms with Crippen molar-refractivity contribution in [3.63, 3.8) is 0 Å². The summed E-state index contributed by atoms with van der Waals surface area (Å²) in [6.07, 6.45) is 7.53. The van der Waals surface area contributed by atoms with Crippen molar-refractivity contribution in [2.24, 2.45) is 11.3 Å². The van der Waals surface area contributed by atoms with Crippen LogP contribution in [0.2, 0.25) is 5.02 Å². The number of anilines is 2. The average molecular weight is 603 g/mol. The first-order valence-electron chi connectivity index (χ1n) is 14.7. The summed E-state index contributed by atoms with van der Waals surface area (Å²) in [5.74, 6) is 7.14. The fourth-order valence-corrected chi connectivity index (χ4v) is 6.56. The third-order valence-corrected chi connectivity index (χ3v) is 8.99. The van der Waals surface area contributed by atoms with E-state index in [0.717, 1.165) is 55.7 Å². The Morgan fingerprint density at radius 1 is 1.14 bits per heavy atom. The van der Waals surface area contributed by atoms with E-state index in [1.165, 1.54) is 18.5 Å². The highest BCUT2D eigenvalue weighted by Crippen LogP contribution is 2.50. The maximum Gasteiger partial charge on any atom is 0.159 e. The van der Waals surface area contributed by atoms with Gasteiger partial charge in [-0.15, -0.1) is 0 Å². The molecule has 2 atom stereocenters. The molecule has 4 heterocycles. The molecule has 4 fully saturated rings. The van der Waals surface area contributed by atoms with Gasteiger partial charge in [-0.25, -0.2) is 14.4 Å². The fourth-order valence-electron chi connectivity index (χ4n) is 6.38. The lowest BCUT2D eigenvalue weighted by molar-refractivity contribution is -0.169. The lowest BCUT2D eigenvalue weighted by atomic mass is 9.61. The SMILES string of the molecule is O=C(/C=C/CN1CC2OCCOC2C1)Cc1cc2c(Nc3ccc(F)c(Cl)c3)ncnc2cc1C#CC1CC2(COC2)C1. The molecule has 3 saturated heterocycles. The van der Waals surface area contributed by atoms with E-state index in [1.54, 1.807) is 12.1 Å². The van der Waals surface area contributed by atoms with Gasteiger partial charge in [-0.3, -0.25) is 9.69 Å². The second-order valence-electron chi connectivity index (χ2n) is 12.0. The molecule has 1 aromatic heterocycles. The number of rotatable bonds is 7. The molecule has 3 aliphatic heterocycles. The number of allylic oxidation sites excluding steroid dienone is 1. The van der Waals surface area contributed by atoms with E-state index in [-0.39, 0.29) is 29.4 Å². The molecule has 222 valence electrons. The standard InChI is InChI=1S/C33H32ClFN4O4/c34-27-13-24(5-6-28(27)35)38-32-26-11-23(10-25(40)2-1-7-39-16-30-31(17-39)43-9-8-42-30)22(12-29(26)36-20-37-32)4-3-21-14-33(15-21)18-41-19-33/h1-2,5-6,11-13,20-21,30-31H,7-10,14-19H2,(H,36,37,38)/b2-1+. The lowest BCUT2D eigenvalue weighted by Gasteiger charge is -2.51. The van der Waals surface area contributed by atoms with Gasteiger partial charge < -0.3 is 19.5 Å². The molecule has 7 rings (SSSR count). The zero-order valence-corrected chi connectivity index (χ0v) is 24.4. The van der Waals surface area contributed by atoms with Crippen LogP contribution >= 0.6 is 11.6 Å². The van der Waals surface area contributed by atoms with Crippen LogP contribution in [0.1, 0.15) is 24.0 Å². The van der Waals surface area contributed by atoms with E-state index in [0.29, 0.717) is 48.1 Å². The number of halogens is 2. The predicted molar refractivity (Wildman–Crippen MR) is 161 cm³/mol. The van der Waals surface area contributed by atoms with E-state index < -0.39 is 5.82 Å². The van der Waals surface area contributed by atoms with Gasteiger partial charge in [0.15, 0.2) is 5.78 Å². The molecular weight excluding hydrogens is 571 g/mol. The Bertz CT molecular complexity index is 1630. The van der Waals surface area contributed by atoms with Crippen molar-refractivity contribution in [3.8, 4) is 11.8 Å². The minimum absolute atomic E-state index is 0.0120. The summed E-state index contributed by atoms with van der Waals surface area (Å²) < 4.78 is 30.7. The van der Waals surface area contributed by atoms with Crippen molar-refractivity contribution in [1.82, 2.24) is 14.9 Å². The van der Waals surface area contributed by atoms with E-state index in [1.807, 2.05) is 18.2 Å². The highest BCUT2D eigenvalue weighted by Gasteiger charge is 2.49. The molecule has 0 amide bonds. The van der Waals surface area contributed by atoms with Gasteiger partial charge in [0.25, 0.3) is 0 Å². The van der Waals surface area contributed by atoms with Crippen LogP contribution < -0.4 is 5.32 Å². The Morgan fingerprint density at radius 2 is 1.93 bits per heavy atom. The lowest BCUT2D eigenvalue weighted by Crippen LogP contribution is -2.51. The number of likely N-dealkylation sites (tertiary alicyclic amines) is 1. The summed E-state index contributed by atoms with van der Waals surface area (Å²) in [5.41, 5.74) is 3.20. The molecular formula is C33H32ClFN4O4. The van der Waals surface area contributed by atoms with Crippen LogP contribution in [0.5, 0.6) is 0 Å².